The Morgan fingerprint density at radius 3 is 2.56 bits per heavy atom. The Bertz CT molecular complexity index is 502. The molecule has 2 rings (SSSR count). The first kappa shape index (κ1) is 12.6. The van der Waals surface area contributed by atoms with Crippen LogP contribution in [0.3, 0.4) is 0 Å². The number of aromatic nitrogens is 2. The van der Waals surface area contributed by atoms with Crippen LogP contribution in [0.5, 0.6) is 5.75 Å². The zero-order chi connectivity index (χ0) is 13.1. The van der Waals surface area contributed by atoms with E-state index in [4.69, 9.17) is 5.73 Å². The number of hydrogen-bond donors (Lipinski definition) is 2. The molecule has 0 saturated heterocycles. The van der Waals surface area contributed by atoms with Crippen molar-refractivity contribution in [3.8, 4) is 5.75 Å². The van der Waals surface area contributed by atoms with Crippen molar-refractivity contribution >= 4 is 0 Å². The van der Waals surface area contributed by atoms with E-state index in [2.05, 4.69) is 23.4 Å². The van der Waals surface area contributed by atoms with Gasteiger partial charge in [-0.15, -0.1) is 0 Å². The van der Waals surface area contributed by atoms with Crippen LogP contribution in [0.1, 0.15) is 31.1 Å². The third-order valence-electron chi connectivity index (χ3n) is 3.09. The van der Waals surface area contributed by atoms with Gasteiger partial charge in [0, 0.05) is 18.8 Å². The van der Waals surface area contributed by atoms with Crippen LogP contribution in [-0.4, -0.2) is 14.7 Å². The lowest BCUT2D eigenvalue weighted by Gasteiger charge is -2.17. The molecule has 0 radical (unpaired) electrons. The minimum atomic E-state index is -0.00962. The van der Waals surface area contributed by atoms with E-state index < -0.39 is 0 Å². The van der Waals surface area contributed by atoms with Gasteiger partial charge in [0.05, 0.1) is 12.0 Å². The fourth-order valence-electron chi connectivity index (χ4n) is 1.88. The lowest BCUT2D eigenvalue weighted by atomic mass is 10.0. The minimum Gasteiger partial charge on any atom is -0.508 e. The molecule has 0 saturated carbocycles. The number of benzene rings is 1. The molecule has 0 aliphatic rings. The SMILES string of the molecule is CC(C)C(N)c1cncn1Cc1ccc(O)cc1. The number of hydrogen-bond acceptors (Lipinski definition) is 3. The Labute approximate surface area is 107 Å². The summed E-state index contributed by atoms with van der Waals surface area (Å²) < 4.78 is 2.05. The molecule has 1 unspecified atom stereocenters. The van der Waals surface area contributed by atoms with Crippen LogP contribution in [0.15, 0.2) is 36.8 Å². The predicted octanol–water partition coefficient (Wildman–Crippen LogP) is 2.29. The van der Waals surface area contributed by atoms with Gasteiger partial charge in [-0.3, -0.25) is 0 Å². The van der Waals surface area contributed by atoms with Gasteiger partial charge >= 0.3 is 0 Å². The molecule has 4 heteroatoms. The van der Waals surface area contributed by atoms with Crippen LogP contribution in [-0.2, 0) is 6.54 Å². The molecule has 1 heterocycles. The summed E-state index contributed by atoms with van der Waals surface area (Å²) in [6.07, 6.45) is 3.62. The number of nitrogens with zero attached hydrogens (tertiary/aromatic N) is 2. The predicted molar refractivity (Wildman–Crippen MR) is 71.2 cm³/mol. The molecule has 3 N–H and O–H groups in total. The molecule has 0 bridgehead atoms. The molecule has 4 nitrogen and oxygen atoms in total. The van der Waals surface area contributed by atoms with Gasteiger partial charge in [0.2, 0.25) is 0 Å². The Kier molecular flexibility index (Phi) is 3.67. The van der Waals surface area contributed by atoms with E-state index in [1.807, 2.05) is 18.3 Å². The van der Waals surface area contributed by atoms with Crippen molar-refractivity contribution in [3.63, 3.8) is 0 Å². The standard InChI is InChI=1S/C14H19N3O/c1-10(2)14(15)13-7-16-9-17(13)8-11-3-5-12(18)6-4-11/h3-7,9-10,14,18H,8,15H2,1-2H3. The second-order valence-electron chi connectivity index (χ2n) is 4.88. The minimum absolute atomic E-state index is 0.00962. The summed E-state index contributed by atoms with van der Waals surface area (Å²) in [5, 5.41) is 9.26. The average molecular weight is 245 g/mol. The maximum atomic E-state index is 9.26. The van der Waals surface area contributed by atoms with Gasteiger partial charge in [0.1, 0.15) is 5.75 Å². The summed E-state index contributed by atoms with van der Waals surface area (Å²) in [5.74, 6) is 0.656. The highest BCUT2D eigenvalue weighted by Crippen LogP contribution is 2.19. The largest absolute Gasteiger partial charge is 0.508 e. The fourth-order valence-corrected chi connectivity index (χ4v) is 1.88. The normalized spacial score (nSPS) is 12.9. The molecule has 0 fully saturated rings. The van der Waals surface area contributed by atoms with Crippen LogP contribution in [0, 0.1) is 5.92 Å². The third kappa shape index (κ3) is 2.71. The summed E-state index contributed by atoms with van der Waals surface area (Å²) in [5.41, 5.74) is 8.31. The second-order valence-corrected chi connectivity index (χ2v) is 4.88. The molecule has 1 atom stereocenters. The van der Waals surface area contributed by atoms with Crippen molar-refractivity contribution in [1.82, 2.24) is 9.55 Å². The number of imidazole rings is 1. The van der Waals surface area contributed by atoms with Crippen molar-refractivity contribution in [3.05, 3.63) is 48.0 Å². The summed E-state index contributed by atoms with van der Waals surface area (Å²) >= 11 is 0. The number of phenolic OH excluding ortho intramolecular Hbond substituents is 1. The number of phenols is 1. The average Bonchev–Trinajstić information content (AvgIpc) is 2.79. The first-order valence-corrected chi connectivity index (χ1v) is 6.11. The smallest absolute Gasteiger partial charge is 0.115 e. The second kappa shape index (κ2) is 5.23. The van der Waals surface area contributed by atoms with Gasteiger partial charge in [-0.25, -0.2) is 4.98 Å². The van der Waals surface area contributed by atoms with Crippen LogP contribution in [0.4, 0.5) is 0 Å². The summed E-state index contributed by atoms with van der Waals surface area (Å²) in [6, 6.07) is 7.17. The number of aromatic hydroxyl groups is 1. The van der Waals surface area contributed by atoms with Crippen LogP contribution >= 0.6 is 0 Å². The molecule has 0 aliphatic carbocycles. The highest BCUT2D eigenvalue weighted by molar-refractivity contribution is 5.26. The first-order chi connectivity index (χ1) is 8.58. The molecular formula is C14H19N3O. The topological polar surface area (TPSA) is 64.1 Å². The van der Waals surface area contributed by atoms with E-state index in [1.165, 1.54) is 0 Å². The van der Waals surface area contributed by atoms with E-state index in [0.717, 1.165) is 17.8 Å². The zero-order valence-electron chi connectivity index (χ0n) is 10.7. The molecule has 18 heavy (non-hydrogen) atoms. The maximum Gasteiger partial charge on any atom is 0.115 e. The van der Waals surface area contributed by atoms with E-state index in [9.17, 15) is 5.11 Å². The Morgan fingerprint density at radius 2 is 1.94 bits per heavy atom. The third-order valence-corrected chi connectivity index (χ3v) is 3.09. The Hall–Kier alpha value is -1.81. The van der Waals surface area contributed by atoms with Crippen molar-refractivity contribution in [1.29, 1.82) is 0 Å². The lowest BCUT2D eigenvalue weighted by molar-refractivity contribution is 0.474. The maximum absolute atomic E-state index is 9.26. The highest BCUT2D eigenvalue weighted by atomic mass is 16.3. The van der Waals surface area contributed by atoms with E-state index >= 15 is 0 Å². The quantitative estimate of drug-likeness (QED) is 0.868. The Balaban J connectivity index is 2.19. The molecule has 0 amide bonds. The molecule has 1 aromatic heterocycles. The molecule has 1 aromatic carbocycles. The van der Waals surface area contributed by atoms with Gasteiger partial charge in [-0.1, -0.05) is 26.0 Å². The van der Waals surface area contributed by atoms with E-state index in [-0.39, 0.29) is 11.8 Å². The van der Waals surface area contributed by atoms with Crippen molar-refractivity contribution in [2.45, 2.75) is 26.4 Å². The highest BCUT2D eigenvalue weighted by Gasteiger charge is 2.15. The van der Waals surface area contributed by atoms with Gasteiger partial charge in [-0.05, 0) is 23.6 Å². The van der Waals surface area contributed by atoms with E-state index in [0.29, 0.717) is 5.92 Å². The lowest BCUT2D eigenvalue weighted by Crippen LogP contribution is -2.20. The number of nitrogens with two attached hydrogens (primary N) is 1. The van der Waals surface area contributed by atoms with Gasteiger partial charge in [-0.2, -0.15) is 0 Å². The molecule has 0 spiro atoms. The summed E-state index contributed by atoms with van der Waals surface area (Å²) in [7, 11) is 0. The molecule has 96 valence electrons. The zero-order valence-corrected chi connectivity index (χ0v) is 10.7. The summed E-state index contributed by atoms with van der Waals surface area (Å²) in [4.78, 5) is 4.17. The van der Waals surface area contributed by atoms with Crippen molar-refractivity contribution < 1.29 is 5.11 Å². The first-order valence-electron chi connectivity index (χ1n) is 6.11. The van der Waals surface area contributed by atoms with E-state index in [1.54, 1.807) is 18.5 Å². The van der Waals surface area contributed by atoms with Crippen LogP contribution in [0.2, 0.25) is 0 Å². The molecule has 2 aromatic rings. The van der Waals surface area contributed by atoms with Crippen LogP contribution in [0.25, 0.3) is 0 Å². The van der Waals surface area contributed by atoms with Gasteiger partial charge < -0.3 is 15.4 Å². The van der Waals surface area contributed by atoms with Crippen molar-refractivity contribution in [2.75, 3.05) is 0 Å². The van der Waals surface area contributed by atoms with Gasteiger partial charge in [0.25, 0.3) is 0 Å². The Morgan fingerprint density at radius 1 is 1.28 bits per heavy atom. The number of rotatable bonds is 4. The van der Waals surface area contributed by atoms with Crippen molar-refractivity contribution in [2.24, 2.45) is 11.7 Å². The fraction of sp³-hybridized carbons (Fsp3) is 0.357. The molecular weight excluding hydrogens is 226 g/mol. The monoisotopic (exact) mass is 245 g/mol. The van der Waals surface area contributed by atoms with Gasteiger partial charge in [0.15, 0.2) is 0 Å². The molecule has 0 aliphatic heterocycles. The summed E-state index contributed by atoms with van der Waals surface area (Å²) in [6.45, 7) is 4.92. The van der Waals surface area contributed by atoms with Crippen LogP contribution < -0.4 is 5.73 Å².